The normalized spacial score (nSPS) is 17.0. The van der Waals surface area contributed by atoms with E-state index in [-0.39, 0.29) is 11.7 Å². The van der Waals surface area contributed by atoms with Crippen molar-refractivity contribution in [3.8, 4) is 0 Å². The lowest BCUT2D eigenvalue weighted by atomic mass is 10.0. The van der Waals surface area contributed by atoms with Gasteiger partial charge in [-0.05, 0) is 29.8 Å². The third-order valence-electron chi connectivity index (χ3n) is 3.09. The quantitative estimate of drug-likeness (QED) is 0.941. The smallest absolute Gasteiger partial charge is 0.268 e. The molecular weight excluding hydrogens is 273 g/mol. The minimum absolute atomic E-state index is 0.276. The number of nitrogens with one attached hydrogen (secondary N) is 1. The minimum Gasteiger partial charge on any atom is -0.382 e. The van der Waals surface area contributed by atoms with Crippen LogP contribution in [0.25, 0.3) is 0 Å². The van der Waals surface area contributed by atoms with E-state index < -0.39 is 6.10 Å². The van der Waals surface area contributed by atoms with Crippen molar-refractivity contribution in [3.05, 3.63) is 60.2 Å². The molecule has 1 atom stereocenters. The van der Waals surface area contributed by atoms with Crippen molar-refractivity contribution in [2.24, 2.45) is 5.16 Å². The van der Waals surface area contributed by atoms with Gasteiger partial charge in [-0.15, -0.1) is 0 Å². The van der Waals surface area contributed by atoms with E-state index in [9.17, 15) is 9.18 Å². The van der Waals surface area contributed by atoms with Gasteiger partial charge in [-0.1, -0.05) is 17.3 Å². The number of amides is 1. The molecule has 1 aliphatic heterocycles. The van der Waals surface area contributed by atoms with E-state index in [0.29, 0.717) is 17.8 Å². The Morgan fingerprint density at radius 3 is 2.62 bits per heavy atom. The Morgan fingerprint density at radius 2 is 1.90 bits per heavy atom. The van der Waals surface area contributed by atoms with Crippen LogP contribution in [0, 0.1) is 5.82 Å². The van der Waals surface area contributed by atoms with Crippen LogP contribution in [-0.4, -0.2) is 22.7 Å². The highest BCUT2D eigenvalue weighted by molar-refractivity contribution is 6.06. The van der Waals surface area contributed by atoms with Crippen LogP contribution in [0.3, 0.4) is 0 Å². The Hall–Kier alpha value is -2.76. The molecule has 21 heavy (non-hydrogen) atoms. The molecule has 0 saturated carbocycles. The number of carbonyl (C=O) groups is 1. The number of nitrogens with zero attached hydrogens (tertiary/aromatic N) is 2. The van der Waals surface area contributed by atoms with E-state index in [1.807, 2.05) is 0 Å². The van der Waals surface area contributed by atoms with E-state index in [2.05, 4.69) is 15.5 Å². The Bertz CT molecular complexity index is 671. The molecule has 3 rings (SSSR count). The summed E-state index contributed by atoms with van der Waals surface area (Å²) in [5, 5.41) is 6.63. The molecule has 1 N–H and O–H groups in total. The molecule has 0 saturated heterocycles. The maximum Gasteiger partial charge on any atom is 0.268 e. The Labute approximate surface area is 120 Å². The third-order valence-corrected chi connectivity index (χ3v) is 3.09. The number of halogens is 1. The highest BCUT2D eigenvalue weighted by Gasteiger charge is 2.28. The Morgan fingerprint density at radius 1 is 1.19 bits per heavy atom. The zero-order valence-corrected chi connectivity index (χ0v) is 11.0. The molecule has 6 heteroatoms. The van der Waals surface area contributed by atoms with Crippen LogP contribution in [0.5, 0.6) is 0 Å². The van der Waals surface area contributed by atoms with Gasteiger partial charge in [-0.3, -0.25) is 9.78 Å². The first-order valence-corrected chi connectivity index (χ1v) is 6.42. The van der Waals surface area contributed by atoms with Gasteiger partial charge >= 0.3 is 0 Å². The number of carbonyl (C=O) groups excluding carboxylic acids is 1. The molecule has 0 unspecified atom stereocenters. The van der Waals surface area contributed by atoms with Crippen LogP contribution in [0.4, 0.5) is 10.1 Å². The molecule has 1 amide bonds. The number of oxime groups is 1. The van der Waals surface area contributed by atoms with Gasteiger partial charge in [0.15, 0.2) is 0 Å². The number of rotatable bonds is 3. The average molecular weight is 285 g/mol. The number of anilines is 1. The molecular formula is C15H12FN3O2. The third kappa shape index (κ3) is 3.05. The van der Waals surface area contributed by atoms with Gasteiger partial charge in [0.05, 0.1) is 5.71 Å². The van der Waals surface area contributed by atoms with Gasteiger partial charge in [0.25, 0.3) is 5.91 Å². The van der Waals surface area contributed by atoms with Crippen LogP contribution in [-0.2, 0) is 9.63 Å². The molecule has 2 heterocycles. The molecule has 0 radical (unpaired) electrons. The topological polar surface area (TPSA) is 63.6 Å². The molecule has 1 aromatic carbocycles. The highest BCUT2D eigenvalue weighted by atomic mass is 19.1. The zero-order chi connectivity index (χ0) is 14.7. The van der Waals surface area contributed by atoms with Crippen LogP contribution in [0.15, 0.2) is 53.9 Å². The first-order valence-electron chi connectivity index (χ1n) is 6.42. The Kier molecular flexibility index (Phi) is 3.59. The zero-order valence-electron chi connectivity index (χ0n) is 11.0. The predicted octanol–water partition coefficient (Wildman–Crippen LogP) is 2.35. The largest absolute Gasteiger partial charge is 0.382 e. The lowest BCUT2D eigenvalue weighted by Crippen LogP contribution is -2.28. The van der Waals surface area contributed by atoms with Crippen LogP contribution in [0.2, 0.25) is 0 Å². The number of aromatic nitrogens is 1. The summed E-state index contributed by atoms with van der Waals surface area (Å²) in [6, 6.07) is 9.30. The first-order chi connectivity index (χ1) is 10.2. The van der Waals surface area contributed by atoms with Crippen molar-refractivity contribution in [1.29, 1.82) is 0 Å². The van der Waals surface area contributed by atoms with E-state index in [1.165, 1.54) is 12.1 Å². The lowest BCUT2D eigenvalue weighted by molar-refractivity contribution is -0.125. The molecule has 0 bridgehead atoms. The second kappa shape index (κ2) is 5.70. The fourth-order valence-corrected chi connectivity index (χ4v) is 1.99. The molecule has 5 nitrogen and oxygen atoms in total. The summed E-state index contributed by atoms with van der Waals surface area (Å²) in [4.78, 5) is 21.1. The van der Waals surface area contributed by atoms with E-state index in [4.69, 9.17) is 4.84 Å². The standard InChI is InChI=1S/C15H12FN3O2/c16-11-3-1-10(2-4-11)13-9-14(21-19-13)15(20)18-12-5-7-17-8-6-12/h1-8,14H,9H2,(H,17,18,20)/t14-/m1/s1. The van der Waals surface area contributed by atoms with Crippen LogP contribution >= 0.6 is 0 Å². The molecule has 1 aromatic heterocycles. The summed E-state index contributed by atoms with van der Waals surface area (Å²) in [5.41, 5.74) is 2.02. The molecule has 0 fully saturated rings. The van der Waals surface area contributed by atoms with Gasteiger partial charge in [0, 0.05) is 24.5 Å². The molecule has 2 aromatic rings. The lowest BCUT2D eigenvalue weighted by Gasteiger charge is -2.09. The summed E-state index contributed by atoms with van der Waals surface area (Å²) in [5.74, 6) is -0.590. The second-order valence-electron chi connectivity index (χ2n) is 4.57. The van der Waals surface area contributed by atoms with Gasteiger partial charge in [0.2, 0.25) is 6.10 Å². The summed E-state index contributed by atoms with van der Waals surface area (Å²) < 4.78 is 12.9. The van der Waals surface area contributed by atoms with E-state index >= 15 is 0 Å². The van der Waals surface area contributed by atoms with Gasteiger partial charge in [-0.2, -0.15) is 0 Å². The maximum atomic E-state index is 12.9. The second-order valence-corrected chi connectivity index (χ2v) is 4.57. The number of pyridine rings is 1. The van der Waals surface area contributed by atoms with Crippen LogP contribution in [0.1, 0.15) is 12.0 Å². The van der Waals surface area contributed by atoms with Crippen LogP contribution < -0.4 is 5.32 Å². The Balaban J connectivity index is 1.63. The fourth-order valence-electron chi connectivity index (χ4n) is 1.99. The van der Waals surface area contributed by atoms with Crippen molar-refractivity contribution in [2.75, 3.05) is 5.32 Å². The van der Waals surface area contributed by atoms with Crippen molar-refractivity contribution in [3.63, 3.8) is 0 Å². The average Bonchev–Trinajstić information content (AvgIpc) is 2.99. The van der Waals surface area contributed by atoms with E-state index in [0.717, 1.165) is 5.56 Å². The van der Waals surface area contributed by atoms with Crippen molar-refractivity contribution in [2.45, 2.75) is 12.5 Å². The van der Waals surface area contributed by atoms with Gasteiger partial charge in [0.1, 0.15) is 5.82 Å². The van der Waals surface area contributed by atoms with Gasteiger partial charge in [-0.25, -0.2) is 4.39 Å². The monoisotopic (exact) mass is 285 g/mol. The number of benzene rings is 1. The van der Waals surface area contributed by atoms with Gasteiger partial charge < -0.3 is 10.2 Å². The SMILES string of the molecule is O=C(Nc1ccncc1)[C@H]1CC(c2ccc(F)cc2)=NO1. The predicted molar refractivity (Wildman–Crippen MR) is 75.3 cm³/mol. The summed E-state index contributed by atoms with van der Waals surface area (Å²) >= 11 is 0. The number of hydrogen-bond donors (Lipinski definition) is 1. The fraction of sp³-hybridized carbons (Fsp3) is 0.133. The maximum absolute atomic E-state index is 12.9. The van der Waals surface area contributed by atoms with E-state index in [1.54, 1.807) is 36.7 Å². The van der Waals surface area contributed by atoms with Crippen molar-refractivity contribution in [1.82, 2.24) is 4.98 Å². The van der Waals surface area contributed by atoms with Crippen molar-refractivity contribution < 1.29 is 14.0 Å². The summed E-state index contributed by atoms with van der Waals surface area (Å²) in [6.45, 7) is 0. The highest BCUT2D eigenvalue weighted by Crippen LogP contribution is 2.18. The minimum atomic E-state index is -0.682. The summed E-state index contributed by atoms with van der Waals surface area (Å²) in [6.07, 6.45) is 2.85. The molecule has 1 aliphatic rings. The summed E-state index contributed by atoms with van der Waals surface area (Å²) in [7, 11) is 0. The number of hydrogen-bond acceptors (Lipinski definition) is 4. The van der Waals surface area contributed by atoms with Crippen molar-refractivity contribution >= 4 is 17.3 Å². The molecule has 0 aliphatic carbocycles. The first kappa shape index (κ1) is 13.2. The molecule has 0 spiro atoms. The molecule has 106 valence electrons.